The summed E-state index contributed by atoms with van der Waals surface area (Å²) in [4.78, 5) is 0. The maximum absolute atomic E-state index is 6.24. The molecule has 0 aliphatic carbocycles. The molecule has 0 spiro atoms. The SMILES string of the molecule is Cc1cc(C(C)(C)C)c(C(C)(C)C)c(N)c1N.Cc1ccccc1C(C)(C)C. The second-order valence-electron chi connectivity index (χ2n) is 11.0. The van der Waals surface area contributed by atoms with Crippen molar-refractivity contribution in [3.63, 3.8) is 0 Å². The normalized spacial score (nSPS) is 12.4. The molecule has 2 aromatic carbocycles. The van der Waals surface area contributed by atoms with Crippen LogP contribution in [0.2, 0.25) is 0 Å². The lowest BCUT2D eigenvalue weighted by atomic mass is 9.73. The van der Waals surface area contributed by atoms with Gasteiger partial charge < -0.3 is 11.5 Å². The van der Waals surface area contributed by atoms with E-state index in [2.05, 4.69) is 99.6 Å². The van der Waals surface area contributed by atoms with Gasteiger partial charge in [0, 0.05) is 0 Å². The molecule has 2 aromatic rings. The van der Waals surface area contributed by atoms with Gasteiger partial charge in [-0.2, -0.15) is 0 Å². The zero-order valence-electron chi connectivity index (χ0n) is 20.0. The molecule has 0 amide bonds. The van der Waals surface area contributed by atoms with Crippen LogP contribution in [0.3, 0.4) is 0 Å². The lowest BCUT2D eigenvalue weighted by Crippen LogP contribution is -2.24. The minimum absolute atomic E-state index is 0.00845. The molecule has 28 heavy (non-hydrogen) atoms. The highest BCUT2D eigenvalue weighted by Crippen LogP contribution is 2.41. The van der Waals surface area contributed by atoms with Crippen LogP contribution < -0.4 is 11.5 Å². The van der Waals surface area contributed by atoms with Gasteiger partial charge in [0.05, 0.1) is 11.4 Å². The van der Waals surface area contributed by atoms with E-state index in [1.807, 2.05) is 6.92 Å². The number of anilines is 2. The third-order valence-corrected chi connectivity index (χ3v) is 5.13. The molecule has 0 atom stereocenters. The van der Waals surface area contributed by atoms with Gasteiger partial charge in [-0.3, -0.25) is 0 Å². The minimum Gasteiger partial charge on any atom is -0.397 e. The average molecular weight is 383 g/mol. The summed E-state index contributed by atoms with van der Waals surface area (Å²) in [5.41, 5.74) is 20.5. The summed E-state index contributed by atoms with van der Waals surface area (Å²) in [6, 6.07) is 10.8. The topological polar surface area (TPSA) is 52.0 Å². The molecule has 0 aliphatic rings. The van der Waals surface area contributed by atoms with Gasteiger partial charge in [-0.25, -0.2) is 0 Å². The van der Waals surface area contributed by atoms with E-state index in [1.165, 1.54) is 22.3 Å². The fourth-order valence-electron chi connectivity index (χ4n) is 3.67. The first kappa shape index (κ1) is 24.1. The van der Waals surface area contributed by atoms with Crippen LogP contribution in [0.4, 0.5) is 11.4 Å². The summed E-state index contributed by atoms with van der Waals surface area (Å²) in [6.45, 7) is 24.1. The Bertz CT molecular complexity index is 810. The van der Waals surface area contributed by atoms with Crippen LogP contribution >= 0.6 is 0 Å². The molecule has 0 unspecified atom stereocenters. The molecule has 0 fully saturated rings. The molecule has 0 saturated carbocycles. The van der Waals surface area contributed by atoms with Crippen molar-refractivity contribution in [2.24, 2.45) is 0 Å². The highest BCUT2D eigenvalue weighted by Gasteiger charge is 2.28. The molecular formula is C26H42N2. The highest BCUT2D eigenvalue weighted by atomic mass is 14.7. The second-order valence-corrected chi connectivity index (χ2v) is 11.0. The van der Waals surface area contributed by atoms with Crippen molar-refractivity contribution in [1.29, 1.82) is 0 Å². The number of hydrogen-bond donors (Lipinski definition) is 2. The van der Waals surface area contributed by atoms with Crippen molar-refractivity contribution in [2.45, 2.75) is 92.4 Å². The van der Waals surface area contributed by atoms with Gasteiger partial charge in [0.2, 0.25) is 0 Å². The van der Waals surface area contributed by atoms with Gasteiger partial charge in [0.25, 0.3) is 0 Å². The molecule has 0 aliphatic heterocycles. The van der Waals surface area contributed by atoms with Crippen LogP contribution in [0.15, 0.2) is 30.3 Å². The predicted octanol–water partition coefficient (Wildman–Crippen LogP) is 7.05. The van der Waals surface area contributed by atoms with Crippen molar-refractivity contribution < 1.29 is 0 Å². The van der Waals surface area contributed by atoms with Crippen LogP contribution in [0.25, 0.3) is 0 Å². The van der Waals surface area contributed by atoms with E-state index in [1.54, 1.807) is 0 Å². The number of nitrogens with two attached hydrogens (primary N) is 2. The Labute approximate surface area is 173 Å². The lowest BCUT2D eigenvalue weighted by Gasteiger charge is -2.32. The average Bonchev–Trinajstić information content (AvgIpc) is 2.50. The molecule has 0 saturated heterocycles. The maximum Gasteiger partial charge on any atom is 0.0591 e. The van der Waals surface area contributed by atoms with Gasteiger partial charge >= 0.3 is 0 Å². The Morgan fingerprint density at radius 3 is 1.39 bits per heavy atom. The van der Waals surface area contributed by atoms with Crippen LogP contribution in [0.5, 0.6) is 0 Å². The van der Waals surface area contributed by atoms with E-state index in [0.29, 0.717) is 0 Å². The number of aryl methyl sites for hydroxylation is 2. The van der Waals surface area contributed by atoms with Crippen LogP contribution in [-0.4, -0.2) is 0 Å². The van der Waals surface area contributed by atoms with Gasteiger partial charge in [-0.05, 0) is 57.9 Å². The smallest absolute Gasteiger partial charge is 0.0591 e. The van der Waals surface area contributed by atoms with Crippen molar-refractivity contribution in [3.05, 3.63) is 58.1 Å². The predicted molar refractivity (Wildman–Crippen MR) is 127 cm³/mol. The Balaban J connectivity index is 0.000000307. The monoisotopic (exact) mass is 382 g/mol. The molecule has 0 heterocycles. The summed E-state index contributed by atoms with van der Waals surface area (Å²) >= 11 is 0. The number of rotatable bonds is 0. The summed E-state index contributed by atoms with van der Waals surface area (Å²) in [6.07, 6.45) is 0. The molecule has 156 valence electrons. The first-order valence-corrected chi connectivity index (χ1v) is 10.2. The molecule has 2 nitrogen and oxygen atoms in total. The maximum atomic E-state index is 6.24. The van der Waals surface area contributed by atoms with E-state index in [4.69, 9.17) is 11.5 Å². The van der Waals surface area contributed by atoms with Crippen LogP contribution in [0, 0.1) is 13.8 Å². The summed E-state index contributed by atoms with van der Waals surface area (Å²) < 4.78 is 0. The summed E-state index contributed by atoms with van der Waals surface area (Å²) in [7, 11) is 0. The second kappa shape index (κ2) is 8.19. The van der Waals surface area contributed by atoms with Crippen LogP contribution in [0.1, 0.15) is 90.1 Å². The van der Waals surface area contributed by atoms with Crippen molar-refractivity contribution in [1.82, 2.24) is 0 Å². The summed E-state index contributed by atoms with van der Waals surface area (Å²) in [5, 5.41) is 0. The molecule has 0 aromatic heterocycles. The standard InChI is InChI=1S/C15H26N2.C11H16/c1-9-8-10(14(2,3)4)11(15(5,6)7)13(17)12(9)16;1-9-7-5-6-8-10(9)11(2,3)4/h8H,16-17H2,1-7H3;5-8H,1-4H3. The quantitative estimate of drug-likeness (QED) is 0.480. The third-order valence-electron chi connectivity index (χ3n) is 5.13. The van der Waals surface area contributed by atoms with Crippen molar-refractivity contribution in [3.8, 4) is 0 Å². The fraction of sp³-hybridized carbons (Fsp3) is 0.538. The van der Waals surface area contributed by atoms with Crippen molar-refractivity contribution >= 4 is 11.4 Å². The Morgan fingerprint density at radius 1 is 0.571 bits per heavy atom. The van der Waals surface area contributed by atoms with Gasteiger partial charge in [-0.15, -0.1) is 0 Å². The van der Waals surface area contributed by atoms with E-state index in [9.17, 15) is 0 Å². The zero-order chi connectivity index (χ0) is 22.1. The molecular weight excluding hydrogens is 340 g/mol. The lowest BCUT2D eigenvalue weighted by molar-refractivity contribution is 0.532. The van der Waals surface area contributed by atoms with Crippen molar-refractivity contribution in [2.75, 3.05) is 11.5 Å². The molecule has 0 bridgehead atoms. The van der Waals surface area contributed by atoms with E-state index >= 15 is 0 Å². The Morgan fingerprint density at radius 2 is 1.04 bits per heavy atom. The number of benzene rings is 2. The van der Waals surface area contributed by atoms with Gasteiger partial charge in [-0.1, -0.05) is 92.6 Å². The van der Waals surface area contributed by atoms with Gasteiger partial charge in [0.1, 0.15) is 0 Å². The zero-order valence-corrected chi connectivity index (χ0v) is 20.0. The fourth-order valence-corrected chi connectivity index (χ4v) is 3.67. The largest absolute Gasteiger partial charge is 0.397 e. The molecule has 2 heteroatoms. The first-order chi connectivity index (χ1) is 12.5. The third kappa shape index (κ3) is 5.77. The van der Waals surface area contributed by atoms with E-state index in [0.717, 1.165) is 16.9 Å². The van der Waals surface area contributed by atoms with Gasteiger partial charge in [0.15, 0.2) is 0 Å². The molecule has 4 N–H and O–H groups in total. The number of hydrogen-bond acceptors (Lipinski definition) is 2. The first-order valence-electron chi connectivity index (χ1n) is 10.2. The van der Waals surface area contributed by atoms with E-state index in [-0.39, 0.29) is 16.2 Å². The highest BCUT2D eigenvalue weighted by molar-refractivity contribution is 5.75. The minimum atomic E-state index is 0.00845. The summed E-state index contributed by atoms with van der Waals surface area (Å²) in [5.74, 6) is 0. The molecule has 0 radical (unpaired) electrons. The molecule has 2 rings (SSSR count). The van der Waals surface area contributed by atoms with Crippen LogP contribution in [-0.2, 0) is 16.2 Å². The number of nitrogen functional groups attached to an aromatic ring is 2. The Kier molecular flexibility index (Phi) is 7.04. The Hall–Kier alpha value is -1.96. The van der Waals surface area contributed by atoms with E-state index < -0.39 is 0 Å².